The normalized spacial score (nSPS) is 17.5. The molecule has 3 aromatic rings. The third-order valence-electron chi connectivity index (χ3n) is 4.72. The highest BCUT2D eigenvalue weighted by molar-refractivity contribution is 7.89. The Kier molecular flexibility index (Phi) is 5.81. The number of aromatic nitrogens is 2. The molecule has 10 nitrogen and oxygen atoms in total. The molecule has 1 aromatic heterocycles. The van der Waals surface area contributed by atoms with Crippen molar-refractivity contribution in [3.05, 3.63) is 71.4 Å². The first kappa shape index (κ1) is 21.1. The van der Waals surface area contributed by atoms with E-state index in [0.717, 1.165) is 0 Å². The van der Waals surface area contributed by atoms with E-state index in [1.165, 1.54) is 44.6 Å². The van der Waals surface area contributed by atoms with E-state index in [4.69, 9.17) is 26.3 Å². The molecule has 0 bridgehead atoms. The fourth-order valence-corrected chi connectivity index (χ4v) is 4.76. The van der Waals surface area contributed by atoms with Crippen LogP contribution in [0.3, 0.4) is 0 Å². The predicted octanol–water partition coefficient (Wildman–Crippen LogP) is 0.274. The quantitative estimate of drug-likeness (QED) is 0.327. The van der Waals surface area contributed by atoms with Gasteiger partial charge in [0.05, 0.1) is 4.90 Å². The van der Waals surface area contributed by atoms with Crippen LogP contribution in [0.5, 0.6) is 5.75 Å². The molecule has 1 fully saturated rings. The fraction of sp³-hybridized carbons (Fsp3) is 0.211. The minimum atomic E-state index is -3.87. The Labute approximate surface area is 182 Å². The number of sulfonamides is 1. The van der Waals surface area contributed by atoms with Gasteiger partial charge in [0, 0.05) is 24.7 Å². The molecule has 1 atom stereocenters. The van der Waals surface area contributed by atoms with Crippen LogP contribution in [0, 0.1) is 5.41 Å². The van der Waals surface area contributed by atoms with Gasteiger partial charge in [-0.2, -0.15) is 4.31 Å². The molecule has 12 heteroatoms. The van der Waals surface area contributed by atoms with Crippen LogP contribution in [0.15, 0.2) is 70.2 Å². The first-order valence-electron chi connectivity index (χ1n) is 9.24. The largest absolute Gasteiger partial charge is 0.426 e. The standard InChI is InChI=1S/C19H18ClN5O5S/c20-14-6-8-16(9-7-14)31(27,28)23-10-11-24(25-13-18(21)30-22-25)17(12-23)19(26)29-15-4-2-1-3-5-15/h1-9,13,17,21H,10-12H2. The van der Waals surface area contributed by atoms with Crippen molar-refractivity contribution in [3.8, 4) is 5.75 Å². The maximum atomic E-state index is 13.1. The lowest BCUT2D eigenvalue weighted by molar-refractivity contribution is -0.766. The summed E-state index contributed by atoms with van der Waals surface area (Å²) >= 11 is 5.87. The lowest BCUT2D eigenvalue weighted by Crippen LogP contribution is -2.73. The number of esters is 1. The van der Waals surface area contributed by atoms with Crippen molar-refractivity contribution in [3.63, 3.8) is 0 Å². The molecular formula is C19H18ClN5O5S. The molecule has 1 aliphatic rings. The molecule has 0 spiro atoms. The SMILES string of the molecule is N=c1c[n+](N2CCN(S(=O)(=O)c3ccc(Cl)cc3)CC2C(=O)Oc2ccccc2)[n-]o1. The molecular weight excluding hydrogens is 446 g/mol. The summed E-state index contributed by atoms with van der Waals surface area (Å²) in [6.07, 6.45) is 1.28. The first-order valence-corrected chi connectivity index (χ1v) is 11.1. The molecule has 31 heavy (non-hydrogen) atoms. The summed E-state index contributed by atoms with van der Waals surface area (Å²) in [5.41, 5.74) is -0.202. The van der Waals surface area contributed by atoms with E-state index in [1.807, 2.05) is 0 Å². The van der Waals surface area contributed by atoms with Gasteiger partial charge >= 0.3 is 5.97 Å². The van der Waals surface area contributed by atoms with Gasteiger partial charge in [0.2, 0.25) is 10.0 Å². The molecule has 162 valence electrons. The molecule has 1 saturated heterocycles. The highest BCUT2D eigenvalue weighted by Crippen LogP contribution is 2.21. The van der Waals surface area contributed by atoms with Crippen molar-refractivity contribution in [1.82, 2.24) is 9.58 Å². The van der Waals surface area contributed by atoms with Crippen LogP contribution in [0.4, 0.5) is 0 Å². The van der Waals surface area contributed by atoms with Gasteiger partial charge in [0.1, 0.15) is 11.8 Å². The molecule has 2 aromatic carbocycles. The number of halogens is 1. The summed E-state index contributed by atoms with van der Waals surface area (Å²) in [6, 6.07) is 13.3. The number of ether oxygens (including phenoxy) is 1. The lowest BCUT2D eigenvalue weighted by Gasteiger charge is -2.39. The second-order valence-electron chi connectivity index (χ2n) is 6.72. The molecule has 1 N–H and O–H groups in total. The summed E-state index contributed by atoms with van der Waals surface area (Å²) in [6.45, 7) is 0.0368. The zero-order valence-electron chi connectivity index (χ0n) is 16.1. The number of hydrogen-bond donors (Lipinski definition) is 1. The van der Waals surface area contributed by atoms with Gasteiger partial charge < -0.3 is 9.26 Å². The number of nitrogens with zero attached hydrogens (tertiary/aromatic N) is 4. The van der Waals surface area contributed by atoms with E-state index in [9.17, 15) is 13.2 Å². The zero-order chi connectivity index (χ0) is 22.0. The third kappa shape index (κ3) is 4.48. The summed E-state index contributed by atoms with van der Waals surface area (Å²) in [4.78, 5) is 14.3. The average molecular weight is 464 g/mol. The van der Waals surface area contributed by atoms with E-state index < -0.39 is 22.0 Å². The summed E-state index contributed by atoms with van der Waals surface area (Å²) in [5, 5.41) is 13.2. The van der Waals surface area contributed by atoms with Crippen molar-refractivity contribution in [2.75, 3.05) is 24.6 Å². The monoisotopic (exact) mass is 463 g/mol. The van der Waals surface area contributed by atoms with Crippen LogP contribution in [-0.4, -0.2) is 44.4 Å². The zero-order valence-corrected chi connectivity index (χ0v) is 17.7. The van der Waals surface area contributed by atoms with E-state index in [-0.39, 0.29) is 30.1 Å². The second-order valence-corrected chi connectivity index (χ2v) is 9.09. The molecule has 4 rings (SSSR count). The Bertz CT molecular complexity index is 1230. The van der Waals surface area contributed by atoms with Crippen molar-refractivity contribution >= 4 is 27.6 Å². The van der Waals surface area contributed by atoms with Gasteiger partial charge in [-0.15, -0.1) is 0 Å². The van der Waals surface area contributed by atoms with Crippen LogP contribution in [0.1, 0.15) is 0 Å². The van der Waals surface area contributed by atoms with E-state index in [2.05, 4.69) is 5.27 Å². The van der Waals surface area contributed by atoms with Crippen LogP contribution >= 0.6 is 11.6 Å². The van der Waals surface area contributed by atoms with Gasteiger partial charge in [0.15, 0.2) is 0 Å². The molecule has 0 amide bonds. The van der Waals surface area contributed by atoms with Crippen molar-refractivity contribution in [2.24, 2.45) is 0 Å². The summed E-state index contributed by atoms with van der Waals surface area (Å²) < 4.78 is 37.7. The van der Waals surface area contributed by atoms with E-state index >= 15 is 0 Å². The van der Waals surface area contributed by atoms with Gasteiger partial charge in [0.25, 0.3) is 11.8 Å². The Morgan fingerprint density at radius 1 is 1.16 bits per heavy atom. The number of nitrogens with one attached hydrogen (secondary N) is 1. The highest BCUT2D eigenvalue weighted by Gasteiger charge is 2.39. The molecule has 1 unspecified atom stereocenters. The summed E-state index contributed by atoms with van der Waals surface area (Å²) in [7, 11) is -3.87. The molecule has 0 saturated carbocycles. The first-order chi connectivity index (χ1) is 14.8. The van der Waals surface area contributed by atoms with E-state index in [1.54, 1.807) is 30.3 Å². The van der Waals surface area contributed by atoms with Crippen molar-refractivity contribution < 1.29 is 27.3 Å². The lowest BCUT2D eigenvalue weighted by atomic mass is 10.2. The Hall–Kier alpha value is -3.15. The topological polar surface area (TPSA) is 122 Å². The molecule has 2 heterocycles. The number of para-hydroxylation sites is 1. The number of carbonyl (C=O) groups excluding carboxylic acids is 1. The van der Waals surface area contributed by atoms with Crippen LogP contribution < -0.4 is 25.4 Å². The number of rotatable bonds is 5. The van der Waals surface area contributed by atoms with Gasteiger partial charge in [-0.1, -0.05) is 34.6 Å². The fourth-order valence-electron chi connectivity index (χ4n) is 3.20. The minimum absolute atomic E-state index is 0.0723. The predicted molar refractivity (Wildman–Crippen MR) is 107 cm³/mol. The summed E-state index contributed by atoms with van der Waals surface area (Å²) in [5.74, 6) is -0.333. The average Bonchev–Trinajstić information content (AvgIpc) is 3.20. The number of piperazine rings is 1. The number of benzene rings is 2. The van der Waals surface area contributed by atoms with Crippen molar-refractivity contribution in [1.29, 1.82) is 5.41 Å². The van der Waals surface area contributed by atoms with Gasteiger partial charge in [-0.3, -0.25) is 15.2 Å². The van der Waals surface area contributed by atoms with Crippen LogP contribution in [0.2, 0.25) is 5.02 Å². The Balaban J connectivity index is 1.63. The van der Waals surface area contributed by atoms with E-state index in [0.29, 0.717) is 10.8 Å². The van der Waals surface area contributed by atoms with Crippen LogP contribution in [0.25, 0.3) is 0 Å². The smallest absolute Gasteiger partial charge is 0.320 e. The van der Waals surface area contributed by atoms with Gasteiger partial charge in [-0.05, 0) is 41.7 Å². The minimum Gasteiger partial charge on any atom is -0.426 e. The number of carbonyl (C=O) groups is 1. The Morgan fingerprint density at radius 2 is 1.87 bits per heavy atom. The number of hydrogen-bond acceptors (Lipinski definition) is 7. The third-order valence-corrected chi connectivity index (χ3v) is 6.85. The van der Waals surface area contributed by atoms with Gasteiger partial charge in [-0.25, -0.2) is 8.42 Å². The maximum Gasteiger partial charge on any atom is 0.320 e. The highest BCUT2D eigenvalue weighted by atomic mass is 35.5. The van der Waals surface area contributed by atoms with Crippen molar-refractivity contribution in [2.45, 2.75) is 10.9 Å². The van der Waals surface area contributed by atoms with Crippen LogP contribution in [-0.2, 0) is 14.8 Å². The molecule has 0 aliphatic carbocycles. The Morgan fingerprint density at radius 3 is 2.52 bits per heavy atom. The maximum absolute atomic E-state index is 13.1. The second kappa shape index (κ2) is 8.53. The molecule has 0 radical (unpaired) electrons. The molecule has 1 aliphatic heterocycles.